The average Bonchev–Trinajstić information content (AvgIpc) is 3.05. The normalized spacial score (nSPS) is 27.1. The minimum Gasteiger partial charge on any atom is -0.373 e. The summed E-state index contributed by atoms with van der Waals surface area (Å²) in [7, 11) is 0. The van der Waals surface area contributed by atoms with E-state index >= 15 is 0 Å². The van der Waals surface area contributed by atoms with Gasteiger partial charge in [0.15, 0.2) is 0 Å². The van der Waals surface area contributed by atoms with Crippen molar-refractivity contribution >= 4 is 17.2 Å². The average molecular weight is 294 g/mol. The fourth-order valence-electron chi connectivity index (χ4n) is 3.23. The zero-order valence-corrected chi connectivity index (χ0v) is 12.9. The lowest BCUT2D eigenvalue weighted by Crippen LogP contribution is -2.53. The van der Waals surface area contributed by atoms with Gasteiger partial charge in [-0.05, 0) is 25.3 Å². The van der Waals surface area contributed by atoms with E-state index in [4.69, 9.17) is 4.74 Å². The molecule has 2 saturated heterocycles. The number of likely N-dealkylation sites (tertiary alicyclic amines) is 1. The van der Waals surface area contributed by atoms with E-state index in [-0.39, 0.29) is 12.0 Å². The van der Waals surface area contributed by atoms with Crippen molar-refractivity contribution < 1.29 is 9.53 Å². The number of fused-ring (bicyclic) bond motifs is 1. The maximum atomic E-state index is 12.4. The van der Waals surface area contributed by atoms with E-state index in [0.717, 1.165) is 31.1 Å². The predicted molar refractivity (Wildman–Crippen MR) is 80.0 cm³/mol. The van der Waals surface area contributed by atoms with Crippen molar-refractivity contribution in [1.29, 1.82) is 0 Å². The monoisotopic (exact) mass is 294 g/mol. The van der Waals surface area contributed by atoms with Gasteiger partial charge in [-0.3, -0.25) is 9.69 Å². The Labute approximate surface area is 124 Å². The van der Waals surface area contributed by atoms with Gasteiger partial charge in [0.1, 0.15) is 0 Å². The molecule has 3 heterocycles. The summed E-state index contributed by atoms with van der Waals surface area (Å²) in [5, 5.41) is 2.02. The van der Waals surface area contributed by atoms with Crippen molar-refractivity contribution in [1.82, 2.24) is 9.80 Å². The first kappa shape index (κ1) is 14.0. The first-order valence-corrected chi connectivity index (χ1v) is 8.20. The van der Waals surface area contributed by atoms with E-state index in [9.17, 15) is 4.79 Å². The molecule has 2 atom stereocenters. The van der Waals surface area contributed by atoms with Crippen LogP contribution in [-0.2, 0) is 16.0 Å². The van der Waals surface area contributed by atoms with Crippen LogP contribution >= 0.6 is 11.3 Å². The third-order valence-corrected chi connectivity index (χ3v) is 5.14. The fourth-order valence-corrected chi connectivity index (χ4v) is 3.93. The van der Waals surface area contributed by atoms with Crippen LogP contribution in [0.4, 0.5) is 0 Å². The highest BCUT2D eigenvalue weighted by molar-refractivity contribution is 7.10. The Balaban J connectivity index is 1.64. The van der Waals surface area contributed by atoms with Gasteiger partial charge in [-0.2, -0.15) is 0 Å². The molecule has 4 nitrogen and oxygen atoms in total. The van der Waals surface area contributed by atoms with Gasteiger partial charge in [0, 0.05) is 30.6 Å². The van der Waals surface area contributed by atoms with Gasteiger partial charge < -0.3 is 9.64 Å². The van der Waals surface area contributed by atoms with Crippen LogP contribution < -0.4 is 0 Å². The van der Waals surface area contributed by atoms with Crippen molar-refractivity contribution in [2.45, 2.75) is 38.5 Å². The summed E-state index contributed by atoms with van der Waals surface area (Å²) in [5.41, 5.74) is 0. The standard InChI is InChI=1S/C15H22N2O2S/c1-11(2)17-5-6-19-14-10-16(9-13(14)17)15(18)8-12-4-3-7-20-12/h3-4,7,11,13-14H,5-6,8-10H2,1-2H3/t13-,14+/m1/s1. The van der Waals surface area contributed by atoms with Gasteiger partial charge in [-0.15, -0.1) is 11.3 Å². The lowest BCUT2D eigenvalue weighted by Gasteiger charge is -2.39. The molecule has 0 radical (unpaired) electrons. The first-order valence-electron chi connectivity index (χ1n) is 7.32. The second kappa shape index (κ2) is 5.84. The molecule has 3 rings (SSSR count). The molecule has 2 aliphatic heterocycles. The summed E-state index contributed by atoms with van der Waals surface area (Å²) < 4.78 is 5.86. The Kier molecular flexibility index (Phi) is 4.10. The molecule has 0 aliphatic carbocycles. The van der Waals surface area contributed by atoms with Crippen LogP contribution in [0.5, 0.6) is 0 Å². The molecule has 1 aromatic heterocycles. The third-order valence-electron chi connectivity index (χ3n) is 4.27. The van der Waals surface area contributed by atoms with Gasteiger partial charge in [-0.1, -0.05) is 6.07 Å². The Bertz CT molecular complexity index is 460. The lowest BCUT2D eigenvalue weighted by atomic mass is 10.1. The van der Waals surface area contributed by atoms with E-state index in [2.05, 4.69) is 18.7 Å². The second-order valence-corrected chi connectivity index (χ2v) is 6.90. The maximum absolute atomic E-state index is 12.4. The van der Waals surface area contributed by atoms with Gasteiger partial charge in [-0.25, -0.2) is 0 Å². The summed E-state index contributed by atoms with van der Waals surface area (Å²) >= 11 is 1.65. The topological polar surface area (TPSA) is 32.8 Å². The molecule has 2 fully saturated rings. The van der Waals surface area contributed by atoms with Gasteiger partial charge >= 0.3 is 0 Å². The number of amides is 1. The van der Waals surface area contributed by atoms with Crippen LogP contribution in [-0.4, -0.2) is 60.1 Å². The molecular formula is C15H22N2O2S. The number of hydrogen-bond donors (Lipinski definition) is 0. The molecule has 5 heteroatoms. The molecule has 0 aromatic carbocycles. The molecule has 0 bridgehead atoms. The number of ether oxygens (including phenoxy) is 1. The highest BCUT2D eigenvalue weighted by atomic mass is 32.1. The molecule has 0 N–H and O–H groups in total. The second-order valence-electron chi connectivity index (χ2n) is 5.86. The highest BCUT2D eigenvalue weighted by Gasteiger charge is 2.42. The number of carbonyl (C=O) groups is 1. The summed E-state index contributed by atoms with van der Waals surface area (Å²) in [4.78, 5) is 18.0. The van der Waals surface area contributed by atoms with Crippen molar-refractivity contribution in [3.8, 4) is 0 Å². The number of rotatable bonds is 3. The molecule has 1 aromatic rings. The molecule has 1 amide bonds. The van der Waals surface area contributed by atoms with Crippen LogP contribution in [0, 0.1) is 0 Å². The first-order chi connectivity index (χ1) is 9.65. The quantitative estimate of drug-likeness (QED) is 0.849. The van der Waals surface area contributed by atoms with Crippen molar-refractivity contribution in [3.63, 3.8) is 0 Å². The summed E-state index contributed by atoms with van der Waals surface area (Å²) in [6.07, 6.45) is 0.720. The largest absolute Gasteiger partial charge is 0.373 e. The molecular weight excluding hydrogens is 272 g/mol. The van der Waals surface area contributed by atoms with E-state index in [1.165, 1.54) is 0 Å². The van der Waals surface area contributed by atoms with Crippen LogP contribution in [0.1, 0.15) is 18.7 Å². The molecule has 0 saturated carbocycles. The third kappa shape index (κ3) is 2.75. The Hall–Kier alpha value is -0.910. The molecule has 20 heavy (non-hydrogen) atoms. The Morgan fingerprint density at radius 1 is 1.50 bits per heavy atom. The number of nitrogens with zero attached hydrogens (tertiary/aromatic N) is 2. The van der Waals surface area contributed by atoms with E-state index in [1.807, 2.05) is 22.4 Å². The summed E-state index contributed by atoms with van der Waals surface area (Å²) in [6.45, 7) is 7.76. The van der Waals surface area contributed by atoms with Crippen molar-refractivity contribution in [3.05, 3.63) is 22.4 Å². The lowest BCUT2D eigenvalue weighted by molar-refractivity contribution is -0.129. The summed E-state index contributed by atoms with van der Waals surface area (Å²) in [6, 6.07) is 4.92. The Morgan fingerprint density at radius 2 is 2.35 bits per heavy atom. The molecule has 0 spiro atoms. The van der Waals surface area contributed by atoms with E-state index < -0.39 is 0 Å². The molecule has 2 aliphatic rings. The fraction of sp³-hybridized carbons (Fsp3) is 0.667. The highest BCUT2D eigenvalue weighted by Crippen LogP contribution is 2.25. The summed E-state index contributed by atoms with van der Waals surface area (Å²) in [5.74, 6) is 0.231. The minimum atomic E-state index is 0.193. The number of hydrogen-bond acceptors (Lipinski definition) is 4. The van der Waals surface area contributed by atoms with Crippen LogP contribution in [0.2, 0.25) is 0 Å². The van der Waals surface area contributed by atoms with Gasteiger partial charge in [0.05, 0.1) is 25.2 Å². The molecule has 0 unspecified atom stereocenters. The van der Waals surface area contributed by atoms with Crippen molar-refractivity contribution in [2.24, 2.45) is 0 Å². The van der Waals surface area contributed by atoms with Gasteiger partial charge in [0.25, 0.3) is 0 Å². The predicted octanol–water partition coefficient (Wildman–Crippen LogP) is 1.61. The molecule has 110 valence electrons. The number of morpholine rings is 1. The van der Waals surface area contributed by atoms with E-state index in [0.29, 0.717) is 18.5 Å². The minimum absolute atomic E-state index is 0.193. The van der Waals surface area contributed by atoms with Crippen molar-refractivity contribution in [2.75, 3.05) is 26.2 Å². The van der Waals surface area contributed by atoms with Crippen LogP contribution in [0.3, 0.4) is 0 Å². The van der Waals surface area contributed by atoms with Crippen LogP contribution in [0.15, 0.2) is 17.5 Å². The van der Waals surface area contributed by atoms with Gasteiger partial charge in [0.2, 0.25) is 5.91 Å². The maximum Gasteiger partial charge on any atom is 0.227 e. The Morgan fingerprint density at radius 3 is 3.05 bits per heavy atom. The zero-order valence-electron chi connectivity index (χ0n) is 12.1. The number of thiophene rings is 1. The van der Waals surface area contributed by atoms with E-state index in [1.54, 1.807) is 11.3 Å². The zero-order chi connectivity index (χ0) is 14.1. The smallest absolute Gasteiger partial charge is 0.227 e. The SMILES string of the molecule is CC(C)N1CCO[C@H]2CN(C(=O)Cc3cccs3)C[C@H]21. The van der Waals surface area contributed by atoms with Crippen LogP contribution in [0.25, 0.3) is 0 Å². The number of carbonyl (C=O) groups excluding carboxylic acids is 1.